The molecule has 3 heteroatoms. The highest BCUT2D eigenvalue weighted by Crippen LogP contribution is 2.25. The zero-order valence-corrected chi connectivity index (χ0v) is 11.9. The summed E-state index contributed by atoms with van der Waals surface area (Å²) in [6, 6.07) is 7.51. The van der Waals surface area contributed by atoms with Crippen LogP contribution in [0.5, 0.6) is 0 Å². The lowest BCUT2D eigenvalue weighted by molar-refractivity contribution is 0.147. The number of likely N-dealkylation sites (tertiary alicyclic amines) is 1. The molecule has 2 nitrogen and oxygen atoms in total. The van der Waals surface area contributed by atoms with Crippen LogP contribution in [-0.2, 0) is 0 Å². The Morgan fingerprint density at radius 2 is 2.00 bits per heavy atom. The molecule has 18 heavy (non-hydrogen) atoms. The molecule has 0 radical (unpaired) electrons. The summed E-state index contributed by atoms with van der Waals surface area (Å²) in [5, 5.41) is 10.8. The zero-order valence-electron chi connectivity index (χ0n) is 11.1. The molecule has 3 unspecified atom stereocenters. The van der Waals surface area contributed by atoms with E-state index < -0.39 is 6.10 Å². The molecule has 1 N–H and O–H groups in total. The predicted octanol–water partition coefficient (Wildman–Crippen LogP) is 3.35. The van der Waals surface area contributed by atoms with Gasteiger partial charge in [0.05, 0.1) is 6.10 Å². The molecule has 3 atom stereocenters. The number of benzene rings is 1. The SMILES string of the molecule is CC1CN(CCC(O)c2cccc(Cl)c2)CC1C. The number of hydrogen-bond donors (Lipinski definition) is 1. The maximum absolute atomic E-state index is 10.2. The molecular weight excluding hydrogens is 246 g/mol. The summed E-state index contributed by atoms with van der Waals surface area (Å²) < 4.78 is 0. The fraction of sp³-hybridized carbons (Fsp3) is 0.600. The topological polar surface area (TPSA) is 23.5 Å². The van der Waals surface area contributed by atoms with Crippen LogP contribution in [0.4, 0.5) is 0 Å². The quantitative estimate of drug-likeness (QED) is 0.904. The molecule has 1 saturated heterocycles. The number of aliphatic hydroxyl groups excluding tert-OH is 1. The Hall–Kier alpha value is -0.570. The lowest BCUT2D eigenvalue weighted by Gasteiger charge is -2.18. The van der Waals surface area contributed by atoms with Gasteiger partial charge in [0.15, 0.2) is 0 Å². The van der Waals surface area contributed by atoms with Gasteiger partial charge in [0.1, 0.15) is 0 Å². The molecule has 0 spiro atoms. The Labute approximate surface area is 115 Å². The Morgan fingerprint density at radius 3 is 2.61 bits per heavy atom. The van der Waals surface area contributed by atoms with Crippen LogP contribution in [0.3, 0.4) is 0 Å². The van der Waals surface area contributed by atoms with Crippen LogP contribution >= 0.6 is 11.6 Å². The summed E-state index contributed by atoms with van der Waals surface area (Å²) in [5.74, 6) is 1.54. The average molecular weight is 268 g/mol. The molecule has 0 aliphatic carbocycles. The van der Waals surface area contributed by atoms with Gasteiger partial charge < -0.3 is 10.0 Å². The van der Waals surface area contributed by atoms with Crippen molar-refractivity contribution in [1.82, 2.24) is 4.90 Å². The monoisotopic (exact) mass is 267 g/mol. The Bertz CT molecular complexity index is 386. The highest BCUT2D eigenvalue weighted by atomic mass is 35.5. The molecule has 0 bridgehead atoms. The third-order valence-electron chi connectivity index (χ3n) is 4.02. The second-order valence-corrected chi connectivity index (χ2v) is 6.01. The summed E-state index contributed by atoms with van der Waals surface area (Å²) in [4.78, 5) is 2.45. The minimum atomic E-state index is -0.407. The van der Waals surface area contributed by atoms with Crippen LogP contribution in [0.15, 0.2) is 24.3 Å². The Balaban J connectivity index is 1.83. The van der Waals surface area contributed by atoms with Crippen molar-refractivity contribution in [2.24, 2.45) is 11.8 Å². The minimum Gasteiger partial charge on any atom is -0.388 e. The van der Waals surface area contributed by atoms with Gasteiger partial charge in [-0.15, -0.1) is 0 Å². The van der Waals surface area contributed by atoms with E-state index in [4.69, 9.17) is 11.6 Å². The maximum Gasteiger partial charge on any atom is 0.0802 e. The van der Waals surface area contributed by atoms with Crippen LogP contribution in [0.1, 0.15) is 31.9 Å². The Kier molecular flexibility index (Phi) is 4.66. The fourth-order valence-corrected chi connectivity index (χ4v) is 2.82. The number of nitrogens with zero attached hydrogens (tertiary/aromatic N) is 1. The first-order valence-electron chi connectivity index (χ1n) is 6.72. The number of rotatable bonds is 4. The van der Waals surface area contributed by atoms with Crippen LogP contribution in [0, 0.1) is 11.8 Å². The van der Waals surface area contributed by atoms with Crippen LogP contribution < -0.4 is 0 Å². The first-order chi connectivity index (χ1) is 8.56. The van der Waals surface area contributed by atoms with E-state index in [-0.39, 0.29) is 0 Å². The summed E-state index contributed by atoms with van der Waals surface area (Å²) >= 11 is 5.93. The summed E-state index contributed by atoms with van der Waals surface area (Å²) in [7, 11) is 0. The molecule has 1 aliphatic heterocycles. The van der Waals surface area contributed by atoms with Crippen molar-refractivity contribution in [2.75, 3.05) is 19.6 Å². The van der Waals surface area contributed by atoms with Gasteiger partial charge in [0.25, 0.3) is 0 Å². The second-order valence-electron chi connectivity index (χ2n) is 5.57. The number of hydrogen-bond acceptors (Lipinski definition) is 2. The van der Waals surface area contributed by atoms with Crippen molar-refractivity contribution in [2.45, 2.75) is 26.4 Å². The molecular formula is C15H22ClNO. The first kappa shape index (κ1) is 13.9. The summed E-state index contributed by atoms with van der Waals surface area (Å²) in [6.45, 7) is 7.88. The lowest BCUT2D eigenvalue weighted by Crippen LogP contribution is -2.23. The van der Waals surface area contributed by atoms with Crippen molar-refractivity contribution in [3.8, 4) is 0 Å². The molecule has 1 heterocycles. The molecule has 0 amide bonds. The smallest absolute Gasteiger partial charge is 0.0802 e. The van der Waals surface area contributed by atoms with E-state index >= 15 is 0 Å². The van der Waals surface area contributed by atoms with E-state index in [1.165, 1.54) is 0 Å². The van der Waals surface area contributed by atoms with Gasteiger partial charge >= 0.3 is 0 Å². The van der Waals surface area contributed by atoms with Gasteiger partial charge in [0.2, 0.25) is 0 Å². The van der Waals surface area contributed by atoms with Gasteiger partial charge in [-0.2, -0.15) is 0 Å². The van der Waals surface area contributed by atoms with Crippen molar-refractivity contribution in [3.05, 3.63) is 34.9 Å². The van der Waals surface area contributed by atoms with Crippen molar-refractivity contribution in [1.29, 1.82) is 0 Å². The zero-order chi connectivity index (χ0) is 13.1. The molecule has 1 aromatic carbocycles. The van der Waals surface area contributed by atoms with Gasteiger partial charge in [-0.1, -0.05) is 37.6 Å². The Morgan fingerprint density at radius 1 is 1.33 bits per heavy atom. The molecule has 0 aromatic heterocycles. The van der Waals surface area contributed by atoms with Crippen LogP contribution in [0.25, 0.3) is 0 Å². The molecule has 1 aromatic rings. The van der Waals surface area contributed by atoms with Crippen molar-refractivity contribution >= 4 is 11.6 Å². The molecule has 1 fully saturated rings. The van der Waals surface area contributed by atoms with E-state index in [9.17, 15) is 5.11 Å². The largest absolute Gasteiger partial charge is 0.388 e. The van der Waals surface area contributed by atoms with Gasteiger partial charge in [-0.25, -0.2) is 0 Å². The summed E-state index contributed by atoms with van der Waals surface area (Å²) in [5.41, 5.74) is 0.919. The third-order valence-corrected chi connectivity index (χ3v) is 4.25. The van der Waals surface area contributed by atoms with Crippen LogP contribution in [0.2, 0.25) is 5.02 Å². The van der Waals surface area contributed by atoms with E-state index in [0.717, 1.165) is 43.5 Å². The van der Waals surface area contributed by atoms with Crippen molar-refractivity contribution < 1.29 is 5.11 Å². The molecule has 0 saturated carbocycles. The van der Waals surface area contributed by atoms with E-state index in [2.05, 4.69) is 18.7 Å². The molecule has 100 valence electrons. The number of aliphatic hydroxyl groups is 1. The second kappa shape index (κ2) is 6.05. The molecule has 2 rings (SSSR count). The fourth-order valence-electron chi connectivity index (χ4n) is 2.62. The summed E-state index contributed by atoms with van der Waals surface area (Å²) in [6.07, 6.45) is 0.370. The number of halogens is 1. The van der Waals surface area contributed by atoms with Gasteiger partial charge in [-0.05, 0) is 36.0 Å². The average Bonchev–Trinajstić information content (AvgIpc) is 2.66. The van der Waals surface area contributed by atoms with Gasteiger partial charge in [0, 0.05) is 24.7 Å². The third kappa shape index (κ3) is 3.47. The van der Waals surface area contributed by atoms with E-state index in [1.807, 2.05) is 24.3 Å². The maximum atomic E-state index is 10.2. The highest BCUT2D eigenvalue weighted by Gasteiger charge is 2.25. The standard InChI is InChI=1S/C15H22ClNO/c1-11-9-17(10-12(11)2)7-6-15(18)13-4-3-5-14(16)8-13/h3-5,8,11-12,15,18H,6-7,9-10H2,1-2H3. The minimum absolute atomic E-state index is 0.407. The predicted molar refractivity (Wildman–Crippen MR) is 75.8 cm³/mol. The van der Waals surface area contributed by atoms with Gasteiger partial charge in [-0.3, -0.25) is 0 Å². The van der Waals surface area contributed by atoms with E-state index in [1.54, 1.807) is 0 Å². The lowest BCUT2D eigenvalue weighted by atomic mass is 10.0. The molecule has 1 aliphatic rings. The normalized spacial score (nSPS) is 26.4. The highest BCUT2D eigenvalue weighted by molar-refractivity contribution is 6.30. The first-order valence-corrected chi connectivity index (χ1v) is 7.10. The van der Waals surface area contributed by atoms with E-state index in [0.29, 0.717) is 5.02 Å². The van der Waals surface area contributed by atoms with Crippen LogP contribution in [-0.4, -0.2) is 29.6 Å². The van der Waals surface area contributed by atoms with Crippen molar-refractivity contribution in [3.63, 3.8) is 0 Å².